The van der Waals surface area contributed by atoms with Crippen LogP contribution in [0.2, 0.25) is 0 Å². The Labute approximate surface area is 125 Å². The molecule has 0 fully saturated rings. The van der Waals surface area contributed by atoms with E-state index in [4.69, 9.17) is 10.5 Å². The Hall–Kier alpha value is -0.470. The molecule has 7 heteroatoms. The molecule has 5 nitrogen and oxygen atoms in total. The second kappa shape index (κ2) is 7.51. The molecule has 0 aliphatic carbocycles. The summed E-state index contributed by atoms with van der Waals surface area (Å²) in [7, 11) is -1.96. The monoisotopic (exact) mass is 320 g/mol. The van der Waals surface area contributed by atoms with Crippen molar-refractivity contribution in [3.63, 3.8) is 0 Å². The number of nitrogens with two attached hydrogens (primary N) is 1. The molecule has 0 bridgehead atoms. The summed E-state index contributed by atoms with van der Waals surface area (Å²) >= 11 is 1.40. The van der Waals surface area contributed by atoms with Crippen LogP contribution in [0.15, 0.2) is 10.3 Å². The molecule has 1 heterocycles. The van der Waals surface area contributed by atoms with Crippen molar-refractivity contribution in [2.75, 3.05) is 20.3 Å². The van der Waals surface area contributed by atoms with Crippen LogP contribution in [0.1, 0.15) is 30.7 Å². The molecule has 0 aliphatic heterocycles. The van der Waals surface area contributed by atoms with Crippen molar-refractivity contribution in [2.24, 2.45) is 5.73 Å². The zero-order chi connectivity index (χ0) is 15.3. The number of hydrogen-bond acceptors (Lipinski definition) is 5. The molecule has 20 heavy (non-hydrogen) atoms. The van der Waals surface area contributed by atoms with Gasteiger partial charge in [0.05, 0.1) is 6.61 Å². The normalized spacial score (nSPS) is 13.9. The van der Waals surface area contributed by atoms with Crippen molar-refractivity contribution in [2.45, 2.75) is 44.7 Å². The van der Waals surface area contributed by atoms with Crippen LogP contribution in [0.25, 0.3) is 0 Å². The molecule has 0 spiro atoms. The van der Waals surface area contributed by atoms with Crippen LogP contribution in [-0.4, -0.2) is 39.0 Å². The molecule has 0 saturated heterocycles. The van der Waals surface area contributed by atoms with Gasteiger partial charge < -0.3 is 10.5 Å². The fourth-order valence-electron chi connectivity index (χ4n) is 2.05. The van der Waals surface area contributed by atoms with Gasteiger partial charge in [0.25, 0.3) is 0 Å². The Balaban J connectivity index is 3.25. The predicted molar refractivity (Wildman–Crippen MR) is 82.5 cm³/mol. The topological polar surface area (TPSA) is 72.6 Å². The number of thiophene rings is 1. The summed E-state index contributed by atoms with van der Waals surface area (Å²) in [6.45, 7) is 6.68. The molecule has 0 amide bonds. The Kier molecular flexibility index (Phi) is 6.60. The van der Waals surface area contributed by atoms with Gasteiger partial charge in [0.15, 0.2) is 0 Å². The molecule has 0 radical (unpaired) electrons. The molecule has 2 N–H and O–H groups in total. The number of aryl methyl sites for hydroxylation is 1. The zero-order valence-electron chi connectivity index (χ0n) is 12.5. The van der Waals surface area contributed by atoms with E-state index in [1.54, 1.807) is 7.11 Å². The van der Waals surface area contributed by atoms with Crippen molar-refractivity contribution in [3.05, 3.63) is 15.8 Å². The SMILES string of the molecule is CCC(C)N(CCOC)S(=O)(=O)c1c(C)csc1CN. The van der Waals surface area contributed by atoms with Gasteiger partial charge in [-0.3, -0.25) is 0 Å². The summed E-state index contributed by atoms with van der Waals surface area (Å²) < 4.78 is 32.4. The number of ether oxygens (including phenoxy) is 1. The maximum absolute atomic E-state index is 12.9. The third kappa shape index (κ3) is 3.59. The minimum Gasteiger partial charge on any atom is -0.383 e. The van der Waals surface area contributed by atoms with Gasteiger partial charge >= 0.3 is 0 Å². The quantitative estimate of drug-likeness (QED) is 0.794. The lowest BCUT2D eigenvalue weighted by molar-refractivity contribution is 0.167. The van der Waals surface area contributed by atoms with E-state index >= 15 is 0 Å². The maximum atomic E-state index is 12.9. The van der Waals surface area contributed by atoms with Crippen molar-refractivity contribution >= 4 is 21.4 Å². The van der Waals surface area contributed by atoms with Crippen LogP contribution in [0, 0.1) is 6.92 Å². The summed E-state index contributed by atoms with van der Waals surface area (Å²) in [5.41, 5.74) is 6.44. The highest BCUT2D eigenvalue weighted by molar-refractivity contribution is 7.89. The molecule has 1 atom stereocenters. The van der Waals surface area contributed by atoms with Gasteiger partial charge in [-0.05, 0) is 31.2 Å². The van der Waals surface area contributed by atoms with Gasteiger partial charge in [-0.15, -0.1) is 11.3 Å². The fraction of sp³-hybridized carbons (Fsp3) is 0.692. The number of sulfonamides is 1. The van der Waals surface area contributed by atoms with E-state index in [9.17, 15) is 8.42 Å². The largest absolute Gasteiger partial charge is 0.383 e. The van der Waals surface area contributed by atoms with Crippen LogP contribution in [0.4, 0.5) is 0 Å². The van der Waals surface area contributed by atoms with Crippen LogP contribution < -0.4 is 5.73 Å². The first-order valence-electron chi connectivity index (χ1n) is 6.67. The first-order chi connectivity index (χ1) is 9.39. The summed E-state index contributed by atoms with van der Waals surface area (Å²) in [5.74, 6) is 0. The average molecular weight is 320 g/mol. The predicted octanol–water partition coefficient (Wildman–Crippen LogP) is 1.95. The van der Waals surface area contributed by atoms with Crippen molar-refractivity contribution in [1.82, 2.24) is 4.31 Å². The van der Waals surface area contributed by atoms with E-state index in [1.807, 2.05) is 26.2 Å². The van der Waals surface area contributed by atoms with Gasteiger partial charge in [0, 0.05) is 31.1 Å². The molecule has 0 saturated carbocycles. The molecule has 0 aromatic carbocycles. The van der Waals surface area contributed by atoms with Gasteiger partial charge in [-0.2, -0.15) is 4.31 Å². The van der Waals surface area contributed by atoms with Gasteiger partial charge in [0.1, 0.15) is 4.90 Å². The van der Waals surface area contributed by atoms with E-state index in [-0.39, 0.29) is 12.6 Å². The molecular weight excluding hydrogens is 296 g/mol. The fourth-order valence-corrected chi connectivity index (χ4v) is 5.40. The molecular formula is C13H24N2O3S2. The highest BCUT2D eigenvalue weighted by Gasteiger charge is 2.31. The third-order valence-corrected chi connectivity index (χ3v) is 6.84. The lowest BCUT2D eigenvalue weighted by atomic mass is 10.3. The zero-order valence-corrected chi connectivity index (χ0v) is 14.2. The summed E-state index contributed by atoms with van der Waals surface area (Å²) in [4.78, 5) is 1.09. The number of hydrogen-bond donors (Lipinski definition) is 1. The van der Waals surface area contributed by atoms with E-state index in [0.29, 0.717) is 22.9 Å². The van der Waals surface area contributed by atoms with E-state index in [1.165, 1.54) is 15.6 Å². The second-order valence-corrected chi connectivity index (χ2v) is 7.53. The van der Waals surface area contributed by atoms with Crippen molar-refractivity contribution < 1.29 is 13.2 Å². The molecule has 116 valence electrons. The van der Waals surface area contributed by atoms with E-state index in [2.05, 4.69) is 0 Å². The molecule has 1 aromatic heterocycles. The molecule has 1 unspecified atom stereocenters. The van der Waals surface area contributed by atoms with Crippen LogP contribution >= 0.6 is 11.3 Å². The van der Waals surface area contributed by atoms with Crippen molar-refractivity contribution in [1.29, 1.82) is 0 Å². The average Bonchev–Trinajstić information content (AvgIpc) is 2.80. The Bertz CT molecular complexity index is 526. The van der Waals surface area contributed by atoms with Crippen LogP contribution in [-0.2, 0) is 21.3 Å². The van der Waals surface area contributed by atoms with Crippen LogP contribution in [0.5, 0.6) is 0 Å². The summed E-state index contributed by atoms with van der Waals surface area (Å²) in [6, 6.07) is -0.0694. The number of nitrogens with zero attached hydrogens (tertiary/aromatic N) is 1. The highest BCUT2D eigenvalue weighted by atomic mass is 32.2. The lowest BCUT2D eigenvalue weighted by Gasteiger charge is -2.28. The Morgan fingerprint density at radius 2 is 2.15 bits per heavy atom. The molecule has 1 rings (SSSR count). The molecule has 0 aliphatic rings. The highest BCUT2D eigenvalue weighted by Crippen LogP contribution is 2.30. The van der Waals surface area contributed by atoms with E-state index < -0.39 is 10.0 Å². The number of rotatable bonds is 8. The minimum absolute atomic E-state index is 0.0694. The standard InChI is InChI=1S/C13H24N2O3S2/c1-5-11(3)15(6-7-18-4)20(16,17)13-10(2)9-19-12(13)8-14/h9,11H,5-8,14H2,1-4H3. The van der Waals surface area contributed by atoms with Gasteiger partial charge in [0.2, 0.25) is 10.0 Å². The second-order valence-electron chi connectivity index (χ2n) is 4.74. The summed E-state index contributed by atoms with van der Waals surface area (Å²) in [5, 5.41) is 1.85. The smallest absolute Gasteiger partial charge is 0.244 e. The lowest BCUT2D eigenvalue weighted by Crippen LogP contribution is -2.40. The van der Waals surface area contributed by atoms with Crippen LogP contribution in [0.3, 0.4) is 0 Å². The van der Waals surface area contributed by atoms with Gasteiger partial charge in [-0.25, -0.2) is 8.42 Å². The Morgan fingerprint density at radius 1 is 1.50 bits per heavy atom. The first kappa shape index (κ1) is 17.6. The summed E-state index contributed by atoms with van der Waals surface area (Å²) in [6.07, 6.45) is 0.754. The first-order valence-corrected chi connectivity index (χ1v) is 8.99. The maximum Gasteiger partial charge on any atom is 0.244 e. The minimum atomic E-state index is -3.53. The van der Waals surface area contributed by atoms with Gasteiger partial charge in [-0.1, -0.05) is 6.92 Å². The van der Waals surface area contributed by atoms with Crippen molar-refractivity contribution in [3.8, 4) is 0 Å². The van der Waals surface area contributed by atoms with E-state index in [0.717, 1.165) is 12.0 Å². The molecule has 1 aromatic rings. The number of methoxy groups -OCH3 is 1. The Morgan fingerprint density at radius 3 is 2.65 bits per heavy atom. The third-order valence-electron chi connectivity index (χ3n) is 3.34.